The summed E-state index contributed by atoms with van der Waals surface area (Å²) in [6.45, 7) is 11.0. The largest absolute Gasteiger partial charge is 0.473 e. The molecule has 0 radical (unpaired) electrons. The number of rotatable bonds is 4. The van der Waals surface area contributed by atoms with Crippen molar-refractivity contribution >= 4 is 0 Å². The Labute approximate surface area is 136 Å². The van der Waals surface area contributed by atoms with Crippen molar-refractivity contribution in [1.82, 2.24) is 0 Å². The number of ether oxygens (including phenoxy) is 1. The molecule has 0 aromatic carbocycles. The van der Waals surface area contributed by atoms with Crippen LogP contribution in [0, 0.1) is 23.2 Å². The van der Waals surface area contributed by atoms with Gasteiger partial charge < -0.3 is 9.84 Å². The Morgan fingerprint density at radius 3 is 2.91 bits per heavy atom. The molecule has 0 spiro atoms. The van der Waals surface area contributed by atoms with E-state index in [0.717, 1.165) is 25.7 Å². The third-order valence-electron chi connectivity index (χ3n) is 5.68. The highest BCUT2D eigenvalue weighted by Crippen LogP contribution is 2.50. The van der Waals surface area contributed by atoms with E-state index in [-0.39, 0.29) is 17.4 Å². The summed E-state index contributed by atoms with van der Waals surface area (Å²) in [7, 11) is 0. The zero-order valence-corrected chi connectivity index (χ0v) is 14.8. The van der Waals surface area contributed by atoms with Crippen molar-refractivity contribution in [3.05, 3.63) is 35.8 Å². The Bertz CT molecular complexity index is 470. The van der Waals surface area contributed by atoms with Crippen LogP contribution in [0.4, 0.5) is 0 Å². The van der Waals surface area contributed by atoms with Gasteiger partial charge in [-0.3, -0.25) is 0 Å². The Balaban J connectivity index is 2.11. The molecular formula is C20H32O2. The highest BCUT2D eigenvalue weighted by atomic mass is 16.5. The van der Waals surface area contributed by atoms with Crippen molar-refractivity contribution in [2.45, 2.75) is 66.4 Å². The molecule has 2 heteroatoms. The van der Waals surface area contributed by atoms with E-state index in [0.29, 0.717) is 11.8 Å². The van der Waals surface area contributed by atoms with Gasteiger partial charge in [0, 0.05) is 5.92 Å². The minimum absolute atomic E-state index is 0.0205. The fourth-order valence-corrected chi connectivity index (χ4v) is 4.30. The predicted octanol–water partition coefficient (Wildman–Crippen LogP) is 5.21. The van der Waals surface area contributed by atoms with Gasteiger partial charge in [-0.25, -0.2) is 0 Å². The predicted molar refractivity (Wildman–Crippen MR) is 92.1 cm³/mol. The lowest BCUT2D eigenvalue weighted by atomic mass is 9.58. The minimum Gasteiger partial charge on any atom is -0.473 e. The summed E-state index contributed by atoms with van der Waals surface area (Å²) < 4.78 is 5.44. The fraction of sp³-hybridized carbons (Fsp3) is 0.700. The molecule has 2 nitrogen and oxygen atoms in total. The monoisotopic (exact) mass is 304 g/mol. The van der Waals surface area contributed by atoms with Gasteiger partial charge in [0.1, 0.15) is 0 Å². The summed E-state index contributed by atoms with van der Waals surface area (Å²) >= 11 is 0. The first-order chi connectivity index (χ1) is 10.3. The van der Waals surface area contributed by atoms with Gasteiger partial charge in [-0.05, 0) is 75.4 Å². The van der Waals surface area contributed by atoms with Gasteiger partial charge >= 0.3 is 0 Å². The van der Waals surface area contributed by atoms with Gasteiger partial charge in [0.05, 0.1) is 18.6 Å². The van der Waals surface area contributed by atoms with Crippen LogP contribution >= 0.6 is 0 Å². The molecule has 0 bridgehead atoms. The number of hydrogen-bond donors (Lipinski definition) is 1. The maximum absolute atomic E-state index is 11.1. The summed E-state index contributed by atoms with van der Waals surface area (Å²) in [5, 5.41) is 11.1. The third kappa shape index (κ3) is 3.65. The highest BCUT2D eigenvalue weighted by molar-refractivity contribution is 5.19. The zero-order chi connectivity index (χ0) is 16.3. The van der Waals surface area contributed by atoms with E-state index in [1.54, 1.807) is 6.26 Å². The van der Waals surface area contributed by atoms with Crippen LogP contribution in [0.3, 0.4) is 0 Å². The molecule has 1 N–H and O–H groups in total. The van der Waals surface area contributed by atoms with Crippen molar-refractivity contribution in [2.24, 2.45) is 23.2 Å². The molecule has 2 aliphatic rings. The summed E-state index contributed by atoms with van der Waals surface area (Å²) in [4.78, 5) is 0. The Morgan fingerprint density at radius 1 is 1.50 bits per heavy atom. The van der Waals surface area contributed by atoms with E-state index in [2.05, 4.69) is 46.8 Å². The molecule has 5 unspecified atom stereocenters. The summed E-state index contributed by atoms with van der Waals surface area (Å²) in [5.41, 5.74) is 2.57. The van der Waals surface area contributed by atoms with E-state index in [1.807, 2.05) is 6.26 Å². The smallest absolute Gasteiger partial charge is 0.0894 e. The van der Waals surface area contributed by atoms with Crippen LogP contribution in [0.2, 0.25) is 0 Å². The molecule has 0 amide bonds. The van der Waals surface area contributed by atoms with Crippen molar-refractivity contribution < 1.29 is 9.84 Å². The summed E-state index contributed by atoms with van der Waals surface area (Å²) in [6, 6.07) is 0. The Kier molecular flexibility index (Phi) is 5.55. The fourth-order valence-electron chi connectivity index (χ4n) is 4.30. The van der Waals surface area contributed by atoms with Crippen molar-refractivity contribution in [3.8, 4) is 0 Å². The van der Waals surface area contributed by atoms with Crippen molar-refractivity contribution in [3.63, 3.8) is 0 Å². The van der Waals surface area contributed by atoms with Crippen LogP contribution < -0.4 is 0 Å². The second kappa shape index (κ2) is 7.04. The van der Waals surface area contributed by atoms with E-state index in [4.69, 9.17) is 4.74 Å². The average Bonchev–Trinajstić information content (AvgIpc) is 2.57. The van der Waals surface area contributed by atoms with Crippen LogP contribution in [-0.2, 0) is 4.74 Å². The van der Waals surface area contributed by atoms with Gasteiger partial charge in [-0.2, -0.15) is 0 Å². The van der Waals surface area contributed by atoms with E-state index >= 15 is 0 Å². The van der Waals surface area contributed by atoms with Crippen molar-refractivity contribution in [2.75, 3.05) is 0 Å². The first-order valence-electron chi connectivity index (χ1n) is 8.66. The maximum atomic E-state index is 11.1. The molecule has 124 valence electrons. The second-order valence-electron chi connectivity index (χ2n) is 7.81. The van der Waals surface area contributed by atoms with Gasteiger partial charge in [-0.1, -0.05) is 25.5 Å². The van der Waals surface area contributed by atoms with Crippen LogP contribution in [0.15, 0.2) is 35.8 Å². The average molecular weight is 304 g/mol. The summed E-state index contributed by atoms with van der Waals surface area (Å²) in [5.74, 6) is 1.12. The number of hydrogen-bond acceptors (Lipinski definition) is 2. The van der Waals surface area contributed by atoms with Crippen LogP contribution in [-0.4, -0.2) is 11.2 Å². The molecular weight excluding hydrogens is 272 g/mol. The number of aliphatic hydroxyl groups is 1. The zero-order valence-electron chi connectivity index (χ0n) is 14.8. The summed E-state index contributed by atoms with van der Waals surface area (Å²) in [6.07, 6.45) is 12.3. The standard InChI is InChI=1S/C20H32O2/c1-14(2)7-6-8-15(3)17-9-10-20(5)11-12-22-13-16(4)18(20)19(17)21/h7,11-13,15,17-19,21H,6,8-10H2,1-5H3. The molecule has 1 saturated carbocycles. The van der Waals surface area contributed by atoms with E-state index in [1.165, 1.54) is 11.1 Å². The normalized spacial score (nSPS) is 35.7. The molecule has 22 heavy (non-hydrogen) atoms. The Hall–Kier alpha value is -1.02. The number of allylic oxidation sites excluding steroid dienone is 3. The van der Waals surface area contributed by atoms with Gasteiger partial charge in [0.2, 0.25) is 0 Å². The minimum atomic E-state index is -0.275. The molecule has 0 aromatic heterocycles. The first kappa shape index (κ1) is 17.3. The van der Waals surface area contributed by atoms with Crippen LogP contribution in [0.5, 0.6) is 0 Å². The SMILES string of the molecule is CC(C)=CCCC(C)C1CCC2(C)C=COC=C(C)C2C1O. The first-order valence-corrected chi connectivity index (χ1v) is 8.66. The quantitative estimate of drug-likeness (QED) is 0.722. The Morgan fingerprint density at radius 2 is 2.23 bits per heavy atom. The van der Waals surface area contributed by atoms with Gasteiger partial charge in [0.25, 0.3) is 0 Å². The molecule has 1 fully saturated rings. The molecule has 0 aromatic rings. The number of aliphatic hydroxyl groups excluding tert-OH is 1. The topological polar surface area (TPSA) is 29.5 Å². The molecule has 1 heterocycles. The maximum Gasteiger partial charge on any atom is 0.0894 e. The molecule has 5 atom stereocenters. The highest BCUT2D eigenvalue weighted by Gasteiger charge is 2.47. The van der Waals surface area contributed by atoms with Crippen LogP contribution in [0.25, 0.3) is 0 Å². The number of fused-ring (bicyclic) bond motifs is 1. The lowest BCUT2D eigenvalue weighted by molar-refractivity contribution is -0.0402. The molecule has 1 aliphatic carbocycles. The lowest BCUT2D eigenvalue weighted by Crippen LogP contribution is -2.46. The lowest BCUT2D eigenvalue weighted by Gasteiger charge is -2.47. The molecule has 1 aliphatic heterocycles. The molecule has 2 rings (SSSR count). The van der Waals surface area contributed by atoms with Crippen molar-refractivity contribution in [1.29, 1.82) is 0 Å². The van der Waals surface area contributed by atoms with Gasteiger partial charge in [-0.15, -0.1) is 0 Å². The second-order valence-corrected chi connectivity index (χ2v) is 7.81. The van der Waals surface area contributed by atoms with Crippen LogP contribution in [0.1, 0.15) is 60.3 Å². The van der Waals surface area contributed by atoms with E-state index < -0.39 is 0 Å². The molecule has 0 saturated heterocycles. The third-order valence-corrected chi connectivity index (χ3v) is 5.68. The van der Waals surface area contributed by atoms with E-state index in [9.17, 15) is 5.11 Å². The van der Waals surface area contributed by atoms with Gasteiger partial charge in [0.15, 0.2) is 0 Å².